The van der Waals surface area contributed by atoms with E-state index in [0.717, 1.165) is 0 Å². The van der Waals surface area contributed by atoms with E-state index in [0.29, 0.717) is 0 Å². The summed E-state index contributed by atoms with van der Waals surface area (Å²) >= 11 is 3.52. The van der Waals surface area contributed by atoms with Gasteiger partial charge in [-0.3, -0.25) is 0 Å². The molecule has 0 radical (unpaired) electrons. The van der Waals surface area contributed by atoms with Crippen LogP contribution in [-0.4, -0.2) is 0 Å². The van der Waals surface area contributed by atoms with Gasteiger partial charge in [0.1, 0.15) is 0 Å². The molecule has 0 aliphatic rings. The van der Waals surface area contributed by atoms with Gasteiger partial charge in [-0.25, -0.2) is 0 Å². The summed E-state index contributed by atoms with van der Waals surface area (Å²) < 4.78 is 1.23. The fourth-order valence-electron chi connectivity index (χ4n) is 1.19. The van der Waals surface area contributed by atoms with Crippen molar-refractivity contribution in [1.82, 2.24) is 0 Å². The second-order valence-electron chi connectivity index (χ2n) is 2.77. The first-order valence-electron chi connectivity index (χ1n) is 3.99. The Morgan fingerprint density at radius 3 is 2.73 bits per heavy atom. The van der Waals surface area contributed by atoms with E-state index in [-0.39, 0.29) is 0 Å². The van der Waals surface area contributed by atoms with Gasteiger partial charge in [-0.15, -0.1) is 0 Å². The molecule has 0 aromatic heterocycles. The Bertz CT molecular complexity index is 241. The average Bonchev–Trinajstić information content (AvgIpc) is 1.99. The molecule has 0 saturated heterocycles. The van der Waals surface area contributed by atoms with Gasteiger partial charge in [0.15, 0.2) is 0 Å². The number of hydrogen-bond acceptors (Lipinski definition) is 0. The lowest BCUT2D eigenvalue weighted by atomic mass is 10.1. The van der Waals surface area contributed by atoms with Crippen molar-refractivity contribution < 1.29 is 0 Å². The molecule has 0 bridgehead atoms. The summed E-state index contributed by atoms with van der Waals surface area (Å²) in [4.78, 5) is 0. The minimum atomic E-state index is 1.19. The van der Waals surface area contributed by atoms with Gasteiger partial charge in [-0.1, -0.05) is 41.4 Å². The van der Waals surface area contributed by atoms with E-state index in [4.69, 9.17) is 0 Å². The first-order valence-corrected chi connectivity index (χ1v) is 4.79. The molecule has 0 N–H and O–H groups in total. The zero-order valence-corrected chi connectivity index (χ0v) is 8.61. The topological polar surface area (TPSA) is 0 Å². The van der Waals surface area contributed by atoms with Crippen LogP contribution in [-0.2, 0) is 6.42 Å². The normalized spacial score (nSPS) is 10.1. The Hall–Kier alpha value is -0.300. The molecule has 0 atom stereocenters. The van der Waals surface area contributed by atoms with Crippen molar-refractivity contribution in [3.63, 3.8) is 0 Å². The molecule has 1 rings (SSSR count). The van der Waals surface area contributed by atoms with Crippen LogP contribution < -0.4 is 0 Å². The summed E-state index contributed by atoms with van der Waals surface area (Å²) in [6.07, 6.45) is 2.41. The maximum absolute atomic E-state index is 3.52. The van der Waals surface area contributed by atoms with Gasteiger partial charge in [-0.05, 0) is 30.5 Å². The molecule has 0 nitrogen and oxygen atoms in total. The molecule has 0 fully saturated rings. The molecule has 0 aliphatic heterocycles. The van der Waals surface area contributed by atoms with Gasteiger partial charge in [0.25, 0.3) is 0 Å². The zero-order chi connectivity index (χ0) is 8.27. The van der Waals surface area contributed by atoms with Gasteiger partial charge < -0.3 is 0 Å². The van der Waals surface area contributed by atoms with Gasteiger partial charge >= 0.3 is 0 Å². The lowest BCUT2D eigenvalue weighted by Crippen LogP contribution is -1.88. The van der Waals surface area contributed by atoms with E-state index in [9.17, 15) is 0 Å². The molecule has 1 heteroatoms. The molecular weight excluding hydrogens is 200 g/mol. The smallest absolute Gasteiger partial charge is 0.0207 e. The molecule has 0 spiro atoms. The minimum Gasteiger partial charge on any atom is -0.0651 e. The molecule has 0 saturated carbocycles. The summed E-state index contributed by atoms with van der Waals surface area (Å²) in [7, 11) is 0. The van der Waals surface area contributed by atoms with Crippen LogP contribution in [0.25, 0.3) is 0 Å². The minimum absolute atomic E-state index is 1.19. The van der Waals surface area contributed by atoms with Crippen LogP contribution in [0.3, 0.4) is 0 Å². The molecule has 0 unspecified atom stereocenters. The number of hydrogen-bond donors (Lipinski definition) is 0. The maximum Gasteiger partial charge on any atom is 0.0207 e. The van der Waals surface area contributed by atoms with Crippen molar-refractivity contribution >= 4 is 15.9 Å². The maximum atomic E-state index is 3.52. The van der Waals surface area contributed by atoms with E-state index < -0.39 is 0 Å². The van der Waals surface area contributed by atoms with Crippen molar-refractivity contribution in [2.45, 2.75) is 26.7 Å². The molecule has 11 heavy (non-hydrogen) atoms. The third-order valence-corrected chi connectivity index (χ3v) is 2.76. The number of halogens is 1. The van der Waals surface area contributed by atoms with Crippen LogP contribution >= 0.6 is 15.9 Å². The van der Waals surface area contributed by atoms with E-state index in [1.54, 1.807) is 0 Å². The summed E-state index contributed by atoms with van der Waals surface area (Å²) in [6, 6.07) is 6.39. The molecule has 0 amide bonds. The lowest BCUT2D eigenvalue weighted by molar-refractivity contribution is 0.911. The van der Waals surface area contributed by atoms with Crippen molar-refractivity contribution in [2.24, 2.45) is 0 Å². The monoisotopic (exact) mass is 212 g/mol. The summed E-state index contributed by atoms with van der Waals surface area (Å²) in [6.45, 7) is 4.37. The Morgan fingerprint density at radius 2 is 2.09 bits per heavy atom. The van der Waals surface area contributed by atoms with Crippen LogP contribution in [0.15, 0.2) is 22.7 Å². The van der Waals surface area contributed by atoms with E-state index in [2.05, 4.69) is 48.0 Å². The Kier molecular flexibility index (Phi) is 3.13. The van der Waals surface area contributed by atoms with E-state index in [1.165, 1.54) is 28.4 Å². The summed E-state index contributed by atoms with van der Waals surface area (Å²) in [5.74, 6) is 0. The third kappa shape index (κ3) is 2.06. The fraction of sp³-hybridized carbons (Fsp3) is 0.400. The average molecular weight is 213 g/mol. The van der Waals surface area contributed by atoms with Gasteiger partial charge in [0.05, 0.1) is 0 Å². The van der Waals surface area contributed by atoms with Gasteiger partial charge in [-0.2, -0.15) is 0 Å². The molecule has 0 heterocycles. The molecule has 60 valence electrons. The second-order valence-corrected chi connectivity index (χ2v) is 3.63. The molecule has 1 aromatic rings. The largest absolute Gasteiger partial charge is 0.0651 e. The van der Waals surface area contributed by atoms with E-state index in [1.807, 2.05) is 0 Å². The number of aryl methyl sites for hydroxylation is 1. The predicted molar refractivity (Wildman–Crippen MR) is 52.9 cm³/mol. The van der Waals surface area contributed by atoms with Crippen LogP contribution in [0, 0.1) is 6.92 Å². The van der Waals surface area contributed by atoms with Crippen molar-refractivity contribution in [3.8, 4) is 0 Å². The van der Waals surface area contributed by atoms with Crippen LogP contribution in [0.4, 0.5) is 0 Å². The highest BCUT2D eigenvalue weighted by atomic mass is 79.9. The summed E-state index contributed by atoms with van der Waals surface area (Å²) in [5.41, 5.74) is 2.84. The quantitative estimate of drug-likeness (QED) is 0.702. The SMILES string of the molecule is CCCc1cccc(Br)c1C. The molecular formula is C10H13Br. The number of benzene rings is 1. The predicted octanol–water partition coefficient (Wildman–Crippen LogP) is 3.71. The Labute approximate surface area is 76.8 Å². The molecule has 1 aromatic carbocycles. The lowest BCUT2D eigenvalue weighted by Gasteiger charge is -2.04. The van der Waals surface area contributed by atoms with Gasteiger partial charge in [0.2, 0.25) is 0 Å². The highest BCUT2D eigenvalue weighted by Gasteiger charge is 1.98. The van der Waals surface area contributed by atoms with Crippen molar-refractivity contribution in [2.75, 3.05) is 0 Å². The fourth-order valence-corrected chi connectivity index (χ4v) is 1.60. The highest BCUT2D eigenvalue weighted by Crippen LogP contribution is 2.20. The Morgan fingerprint density at radius 1 is 1.36 bits per heavy atom. The van der Waals surface area contributed by atoms with Gasteiger partial charge in [0, 0.05) is 4.47 Å². The second kappa shape index (κ2) is 3.91. The third-order valence-electron chi connectivity index (χ3n) is 1.90. The van der Waals surface area contributed by atoms with Crippen LogP contribution in [0.1, 0.15) is 24.5 Å². The first kappa shape index (κ1) is 8.79. The van der Waals surface area contributed by atoms with Crippen molar-refractivity contribution in [1.29, 1.82) is 0 Å². The van der Waals surface area contributed by atoms with Crippen molar-refractivity contribution in [3.05, 3.63) is 33.8 Å². The standard InChI is InChI=1S/C10H13Br/c1-3-5-9-6-4-7-10(11)8(9)2/h4,6-7H,3,5H2,1-2H3. The highest BCUT2D eigenvalue weighted by molar-refractivity contribution is 9.10. The molecule has 0 aliphatic carbocycles. The first-order chi connectivity index (χ1) is 5.25. The number of rotatable bonds is 2. The zero-order valence-electron chi connectivity index (χ0n) is 7.02. The Balaban J connectivity index is 2.96. The van der Waals surface area contributed by atoms with Crippen LogP contribution in [0.2, 0.25) is 0 Å². The van der Waals surface area contributed by atoms with Crippen LogP contribution in [0.5, 0.6) is 0 Å². The summed E-state index contributed by atoms with van der Waals surface area (Å²) in [5, 5.41) is 0. The van der Waals surface area contributed by atoms with E-state index >= 15 is 0 Å².